The summed E-state index contributed by atoms with van der Waals surface area (Å²) in [5.74, 6) is 0.447. The average molecular weight is 341 g/mol. The van der Waals surface area contributed by atoms with Gasteiger partial charge in [0.1, 0.15) is 0 Å². The van der Waals surface area contributed by atoms with E-state index in [1.165, 1.54) is 38.7 Å². The first-order chi connectivity index (χ1) is 12.3. The Morgan fingerprint density at radius 1 is 1.20 bits per heavy atom. The summed E-state index contributed by atoms with van der Waals surface area (Å²) in [4.78, 5) is 17.1. The van der Waals surface area contributed by atoms with Crippen molar-refractivity contribution in [2.45, 2.75) is 31.7 Å². The second-order valence-electron chi connectivity index (χ2n) is 6.74. The summed E-state index contributed by atoms with van der Waals surface area (Å²) in [7, 11) is 0. The summed E-state index contributed by atoms with van der Waals surface area (Å²) in [6.45, 7) is 3.98. The van der Waals surface area contributed by atoms with Crippen molar-refractivity contribution in [1.82, 2.24) is 20.0 Å². The molecule has 3 heterocycles. The maximum Gasteiger partial charge on any atom is 0.321 e. The van der Waals surface area contributed by atoms with Gasteiger partial charge in [0.15, 0.2) is 0 Å². The summed E-state index contributed by atoms with van der Waals surface area (Å²) in [6, 6.07) is 7.96. The van der Waals surface area contributed by atoms with Gasteiger partial charge in [-0.3, -0.25) is 4.90 Å². The van der Waals surface area contributed by atoms with Gasteiger partial charge in [-0.15, -0.1) is 10.2 Å². The average Bonchev–Trinajstić information content (AvgIpc) is 3.36. The number of urea groups is 1. The Morgan fingerprint density at radius 2 is 2.08 bits per heavy atom. The van der Waals surface area contributed by atoms with Gasteiger partial charge in [0, 0.05) is 30.4 Å². The Bertz CT molecular complexity index is 712. The number of piperidine rings is 1. The van der Waals surface area contributed by atoms with E-state index in [-0.39, 0.29) is 6.03 Å². The van der Waals surface area contributed by atoms with Gasteiger partial charge >= 0.3 is 6.03 Å². The van der Waals surface area contributed by atoms with Crippen LogP contribution >= 0.6 is 0 Å². The lowest BCUT2D eigenvalue weighted by atomic mass is 10.0. The third-order valence-corrected chi connectivity index (χ3v) is 5.06. The van der Waals surface area contributed by atoms with Crippen molar-refractivity contribution in [2.75, 3.05) is 31.5 Å². The van der Waals surface area contributed by atoms with Crippen molar-refractivity contribution in [3.8, 4) is 11.5 Å². The highest BCUT2D eigenvalue weighted by atomic mass is 16.4. The largest absolute Gasteiger partial charge is 0.423 e. The lowest BCUT2D eigenvalue weighted by Crippen LogP contribution is -2.50. The highest BCUT2D eigenvalue weighted by molar-refractivity contribution is 5.90. The number of aromatic nitrogens is 2. The molecule has 2 aliphatic rings. The van der Waals surface area contributed by atoms with E-state index in [2.05, 4.69) is 20.4 Å². The van der Waals surface area contributed by atoms with Gasteiger partial charge in [0.05, 0.1) is 0 Å². The number of carbonyl (C=O) groups is 1. The summed E-state index contributed by atoms with van der Waals surface area (Å²) in [5.41, 5.74) is 1.54. The number of hydrogen-bond donors (Lipinski definition) is 1. The number of benzene rings is 1. The number of anilines is 1. The van der Waals surface area contributed by atoms with E-state index >= 15 is 0 Å². The minimum Gasteiger partial charge on any atom is -0.423 e. The summed E-state index contributed by atoms with van der Waals surface area (Å²) in [6.07, 6.45) is 6.12. The highest BCUT2D eigenvalue weighted by Gasteiger charge is 2.29. The van der Waals surface area contributed by atoms with Crippen LogP contribution in [0.15, 0.2) is 35.1 Å². The molecular weight excluding hydrogens is 318 g/mol. The molecule has 0 spiro atoms. The first-order valence-electron chi connectivity index (χ1n) is 8.96. The zero-order valence-electron chi connectivity index (χ0n) is 14.2. The van der Waals surface area contributed by atoms with Crippen molar-refractivity contribution in [2.24, 2.45) is 0 Å². The van der Waals surface area contributed by atoms with Gasteiger partial charge in [-0.1, -0.05) is 6.07 Å². The summed E-state index contributed by atoms with van der Waals surface area (Å²) < 4.78 is 5.22. The van der Waals surface area contributed by atoms with Crippen LogP contribution in [0.2, 0.25) is 0 Å². The van der Waals surface area contributed by atoms with Crippen molar-refractivity contribution in [3.05, 3.63) is 30.7 Å². The van der Waals surface area contributed by atoms with E-state index < -0.39 is 0 Å². The quantitative estimate of drug-likeness (QED) is 0.929. The van der Waals surface area contributed by atoms with Gasteiger partial charge in [0.25, 0.3) is 0 Å². The van der Waals surface area contributed by atoms with Crippen molar-refractivity contribution < 1.29 is 9.21 Å². The van der Waals surface area contributed by atoms with Gasteiger partial charge < -0.3 is 14.6 Å². The molecule has 7 nitrogen and oxygen atoms in total. The van der Waals surface area contributed by atoms with E-state index in [0.717, 1.165) is 30.8 Å². The molecule has 132 valence electrons. The molecule has 1 aromatic heterocycles. The van der Waals surface area contributed by atoms with E-state index in [9.17, 15) is 4.79 Å². The number of amides is 2. The van der Waals surface area contributed by atoms with Crippen LogP contribution in [0, 0.1) is 0 Å². The Balaban J connectivity index is 1.40. The van der Waals surface area contributed by atoms with E-state index in [1.807, 2.05) is 29.2 Å². The second-order valence-corrected chi connectivity index (χ2v) is 6.74. The van der Waals surface area contributed by atoms with Crippen LogP contribution in [0.3, 0.4) is 0 Å². The van der Waals surface area contributed by atoms with Crippen molar-refractivity contribution in [1.29, 1.82) is 0 Å². The molecule has 7 heteroatoms. The molecule has 0 saturated carbocycles. The van der Waals surface area contributed by atoms with Gasteiger partial charge in [-0.2, -0.15) is 0 Å². The number of nitrogens with zero attached hydrogens (tertiary/aromatic N) is 4. The molecule has 2 amide bonds. The molecule has 0 bridgehead atoms. The molecule has 2 fully saturated rings. The standard InChI is InChI=1S/C18H23N5O2/c24-18(23-10-4-7-16(12-23)22-8-1-2-9-22)20-15-6-3-5-14(11-15)17-21-19-13-25-17/h3,5-6,11,13,16H,1-2,4,7-10,12H2,(H,20,24)/t16-/m1/s1. The second kappa shape index (κ2) is 7.23. The fraction of sp³-hybridized carbons (Fsp3) is 0.500. The number of hydrogen-bond acceptors (Lipinski definition) is 5. The fourth-order valence-corrected chi connectivity index (χ4v) is 3.78. The molecule has 25 heavy (non-hydrogen) atoms. The van der Waals surface area contributed by atoms with Gasteiger partial charge in [-0.25, -0.2) is 4.79 Å². The smallest absolute Gasteiger partial charge is 0.321 e. The first kappa shape index (κ1) is 16.1. The molecular formula is C18H23N5O2. The van der Waals surface area contributed by atoms with Crippen LogP contribution in [-0.2, 0) is 0 Å². The normalized spacial score (nSPS) is 21.4. The van der Waals surface area contributed by atoms with Gasteiger partial charge in [-0.05, 0) is 57.0 Å². The fourth-order valence-electron chi connectivity index (χ4n) is 3.78. The van der Waals surface area contributed by atoms with Crippen LogP contribution < -0.4 is 5.32 Å². The Hall–Kier alpha value is -2.41. The van der Waals surface area contributed by atoms with Crippen LogP contribution in [0.1, 0.15) is 25.7 Å². The number of rotatable bonds is 3. The third-order valence-electron chi connectivity index (χ3n) is 5.06. The minimum absolute atomic E-state index is 0.0356. The lowest BCUT2D eigenvalue weighted by Gasteiger charge is -2.37. The molecule has 0 aliphatic carbocycles. The number of nitrogens with one attached hydrogen (secondary N) is 1. The molecule has 1 aromatic carbocycles. The third kappa shape index (κ3) is 3.66. The minimum atomic E-state index is -0.0356. The number of carbonyl (C=O) groups excluding carboxylic acids is 1. The van der Waals surface area contributed by atoms with Crippen molar-refractivity contribution >= 4 is 11.7 Å². The molecule has 1 N–H and O–H groups in total. The molecule has 4 rings (SSSR count). The van der Waals surface area contributed by atoms with E-state index in [0.29, 0.717) is 11.9 Å². The van der Waals surface area contributed by atoms with Crippen LogP contribution in [-0.4, -0.2) is 58.2 Å². The topological polar surface area (TPSA) is 74.5 Å². The number of likely N-dealkylation sites (tertiary alicyclic amines) is 2. The molecule has 2 aliphatic heterocycles. The first-order valence-corrected chi connectivity index (χ1v) is 8.96. The van der Waals surface area contributed by atoms with Crippen LogP contribution in [0.25, 0.3) is 11.5 Å². The van der Waals surface area contributed by atoms with Crippen molar-refractivity contribution in [3.63, 3.8) is 0 Å². The predicted octanol–water partition coefficient (Wildman–Crippen LogP) is 2.83. The highest BCUT2D eigenvalue weighted by Crippen LogP contribution is 2.23. The van der Waals surface area contributed by atoms with E-state index in [1.54, 1.807) is 0 Å². The Labute approximate surface area is 147 Å². The predicted molar refractivity (Wildman–Crippen MR) is 94.2 cm³/mol. The molecule has 2 aromatic rings. The molecule has 1 atom stereocenters. The molecule has 0 radical (unpaired) electrons. The summed E-state index contributed by atoms with van der Waals surface area (Å²) in [5, 5.41) is 10.6. The Kier molecular flexibility index (Phi) is 4.65. The molecule has 0 unspecified atom stereocenters. The SMILES string of the molecule is O=C(Nc1cccc(-c2nnco2)c1)N1CCC[C@@H](N2CCCC2)C1. The zero-order valence-corrected chi connectivity index (χ0v) is 14.2. The lowest BCUT2D eigenvalue weighted by molar-refractivity contribution is 0.132. The Morgan fingerprint density at radius 3 is 2.88 bits per heavy atom. The monoisotopic (exact) mass is 341 g/mol. The maximum atomic E-state index is 12.7. The van der Waals surface area contributed by atoms with Crippen LogP contribution in [0.5, 0.6) is 0 Å². The van der Waals surface area contributed by atoms with Crippen LogP contribution in [0.4, 0.5) is 10.5 Å². The summed E-state index contributed by atoms with van der Waals surface area (Å²) >= 11 is 0. The maximum absolute atomic E-state index is 12.7. The van der Waals surface area contributed by atoms with E-state index in [4.69, 9.17) is 4.42 Å². The molecule has 2 saturated heterocycles. The zero-order chi connectivity index (χ0) is 17.1. The van der Waals surface area contributed by atoms with Gasteiger partial charge in [0.2, 0.25) is 12.3 Å².